The van der Waals surface area contributed by atoms with E-state index in [2.05, 4.69) is 53.4 Å². The van der Waals surface area contributed by atoms with Gasteiger partial charge < -0.3 is 5.32 Å². The second-order valence-electron chi connectivity index (χ2n) is 4.32. The summed E-state index contributed by atoms with van der Waals surface area (Å²) in [6.07, 6.45) is 1.58. The molecular formula is C14H17N3. The molecule has 1 atom stereocenters. The normalized spacial score (nSPS) is 12.2. The number of hydrogen-bond acceptors (Lipinski definition) is 3. The average Bonchev–Trinajstić information content (AvgIpc) is 2.29. The first-order valence-corrected chi connectivity index (χ1v) is 5.77. The lowest BCUT2D eigenvalue weighted by Gasteiger charge is -2.15. The Morgan fingerprint density at radius 1 is 1.06 bits per heavy atom. The second-order valence-corrected chi connectivity index (χ2v) is 4.32. The first-order chi connectivity index (χ1) is 8.15. The SMILES string of the molecule is Cc1ccc(C(C)Nc2cc(C)ncn2)cc1. The first kappa shape index (κ1) is 11.6. The summed E-state index contributed by atoms with van der Waals surface area (Å²) in [4.78, 5) is 8.28. The molecule has 1 heterocycles. The molecule has 0 spiro atoms. The third kappa shape index (κ3) is 3.03. The van der Waals surface area contributed by atoms with Crippen molar-refractivity contribution in [3.63, 3.8) is 0 Å². The molecule has 1 aromatic heterocycles. The van der Waals surface area contributed by atoms with E-state index >= 15 is 0 Å². The Balaban J connectivity index is 2.11. The minimum Gasteiger partial charge on any atom is -0.363 e. The Morgan fingerprint density at radius 3 is 2.41 bits per heavy atom. The summed E-state index contributed by atoms with van der Waals surface area (Å²) in [5, 5.41) is 3.37. The maximum Gasteiger partial charge on any atom is 0.130 e. The van der Waals surface area contributed by atoms with Crippen LogP contribution in [0.5, 0.6) is 0 Å². The highest BCUT2D eigenvalue weighted by Crippen LogP contribution is 2.18. The van der Waals surface area contributed by atoms with E-state index in [-0.39, 0.29) is 6.04 Å². The standard InChI is InChI=1S/C14H17N3/c1-10-4-6-13(7-5-10)12(3)17-14-8-11(2)15-9-16-14/h4-9,12H,1-3H3,(H,15,16,17). The van der Waals surface area contributed by atoms with Crippen LogP contribution in [0.15, 0.2) is 36.7 Å². The number of benzene rings is 1. The van der Waals surface area contributed by atoms with Crippen molar-refractivity contribution in [1.82, 2.24) is 9.97 Å². The van der Waals surface area contributed by atoms with Crippen molar-refractivity contribution < 1.29 is 0 Å². The predicted octanol–water partition coefficient (Wildman–Crippen LogP) is 3.27. The fourth-order valence-electron chi connectivity index (χ4n) is 1.69. The molecule has 1 unspecified atom stereocenters. The molecule has 1 aromatic carbocycles. The fraction of sp³-hybridized carbons (Fsp3) is 0.286. The summed E-state index contributed by atoms with van der Waals surface area (Å²) < 4.78 is 0. The van der Waals surface area contributed by atoms with E-state index < -0.39 is 0 Å². The molecule has 3 nitrogen and oxygen atoms in total. The molecule has 17 heavy (non-hydrogen) atoms. The largest absolute Gasteiger partial charge is 0.363 e. The number of nitrogens with zero attached hydrogens (tertiary/aromatic N) is 2. The molecule has 88 valence electrons. The zero-order chi connectivity index (χ0) is 12.3. The van der Waals surface area contributed by atoms with Gasteiger partial charge >= 0.3 is 0 Å². The number of aromatic nitrogens is 2. The molecule has 0 aliphatic carbocycles. The van der Waals surface area contributed by atoms with Gasteiger partial charge in [0.05, 0.1) is 0 Å². The van der Waals surface area contributed by atoms with Crippen LogP contribution in [0.1, 0.15) is 29.8 Å². The third-order valence-electron chi connectivity index (χ3n) is 2.75. The number of hydrogen-bond donors (Lipinski definition) is 1. The lowest BCUT2D eigenvalue weighted by Crippen LogP contribution is -2.08. The summed E-state index contributed by atoms with van der Waals surface area (Å²) >= 11 is 0. The molecule has 0 amide bonds. The van der Waals surface area contributed by atoms with Crippen LogP contribution in [0.3, 0.4) is 0 Å². The summed E-state index contributed by atoms with van der Waals surface area (Å²) in [6.45, 7) is 6.18. The number of rotatable bonds is 3. The molecule has 2 aromatic rings. The van der Waals surface area contributed by atoms with Gasteiger partial charge in [-0.3, -0.25) is 0 Å². The minimum atomic E-state index is 0.241. The van der Waals surface area contributed by atoms with Crippen LogP contribution < -0.4 is 5.32 Å². The van der Waals surface area contributed by atoms with Crippen molar-refractivity contribution >= 4 is 5.82 Å². The molecule has 2 rings (SSSR count). The van der Waals surface area contributed by atoms with Crippen LogP contribution in [-0.2, 0) is 0 Å². The molecule has 0 bridgehead atoms. The van der Waals surface area contributed by atoms with Crippen LogP contribution in [0.25, 0.3) is 0 Å². The van der Waals surface area contributed by atoms with E-state index in [0.29, 0.717) is 0 Å². The summed E-state index contributed by atoms with van der Waals surface area (Å²) in [5.74, 6) is 0.866. The summed E-state index contributed by atoms with van der Waals surface area (Å²) in [6, 6.07) is 10.7. The summed E-state index contributed by atoms with van der Waals surface area (Å²) in [7, 11) is 0. The first-order valence-electron chi connectivity index (χ1n) is 5.77. The van der Waals surface area contributed by atoms with Crippen molar-refractivity contribution in [2.24, 2.45) is 0 Å². The molecule has 0 fully saturated rings. The Bertz CT molecular complexity index is 491. The highest BCUT2D eigenvalue weighted by molar-refractivity contribution is 5.38. The van der Waals surface area contributed by atoms with Crippen LogP contribution in [0.4, 0.5) is 5.82 Å². The van der Waals surface area contributed by atoms with Gasteiger partial charge in [-0.25, -0.2) is 9.97 Å². The fourth-order valence-corrected chi connectivity index (χ4v) is 1.69. The lowest BCUT2D eigenvalue weighted by molar-refractivity contribution is 0.869. The number of anilines is 1. The smallest absolute Gasteiger partial charge is 0.130 e. The van der Waals surface area contributed by atoms with Crippen molar-refractivity contribution in [3.05, 3.63) is 53.5 Å². The van der Waals surface area contributed by atoms with Crippen molar-refractivity contribution in [2.75, 3.05) is 5.32 Å². The van der Waals surface area contributed by atoms with E-state index in [4.69, 9.17) is 0 Å². The molecular weight excluding hydrogens is 210 g/mol. The Kier molecular flexibility index (Phi) is 3.38. The molecule has 0 radical (unpaired) electrons. The maximum atomic E-state index is 4.20. The van der Waals surface area contributed by atoms with Gasteiger partial charge in [0.1, 0.15) is 12.1 Å². The lowest BCUT2D eigenvalue weighted by atomic mass is 10.1. The molecule has 0 aliphatic heterocycles. The van der Waals surface area contributed by atoms with Gasteiger partial charge in [0.15, 0.2) is 0 Å². The van der Waals surface area contributed by atoms with Crippen LogP contribution >= 0.6 is 0 Å². The van der Waals surface area contributed by atoms with Crippen LogP contribution in [0.2, 0.25) is 0 Å². The Labute approximate surface area is 102 Å². The van der Waals surface area contributed by atoms with E-state index in [0.717, 1.165) is 11.5 Å². The molecule has 0 aliphatic rings. The van der Waals surface area contributed by atoms with Crippen LogP contribution in [-0.4, -0.2) is 9.97 Å². The van der Waals surface area contributed by atoms with E-state index in [9.17, 15) is 0 Å². The summed E-state index contributed by atoms with van der Waals surface area (Å²) in [5.41, 5.74) is 3.50. The van der Waals surface area contributed by atoms with Gasteiger partial charge in [-0.2, -0.15) is 0 Å². The Morgan fingerprint density at radius 2 is 1.76 bits per heavy atom. The van der Waals surface area contributed by atoms with Crippen LogP contribution in [0, 0.1) is 13.8 Å². The van der Waals surface area contributed by atoms with E-state index in [1.807, 2.05) is 13.0 Å². The van der Waals surface area contributed by atoms with Gasteiger partial charge in [-0.15, -0.1) is 0 Å². The number of nitrogens with one attached hydrogen (secondary N) is 1. The molecule has 0 saturated heterocycles. The number of aryl methyl sites for hydroxylation is 2. The van der Waals surface area contributed by atoms with Gasteiger partial charge in [-0.05, 0) is 26.3 Å². The van der Waals surface area contributed by atoms with Gasteiger partial charge in [-0.1, -0.05) is 29.8 Å². The average molecular weight is 227 g/mol. The van der Waals surface area contributed by atoms with Gasteiger partial charge in [0, 0.05) is 17.8 Å². The predicted molar refractivity (Wildman–Crippen MR) is 70.0 cm³/mol. The van der Waals surface area contributed by atoms with Gasteiger partial charge in [0.25, 0.3) is 0 Å². The van der Waals surface area contributed by atoms with Crippen molar-refractivity contribution in [1.29, 1.82) is 0 Å². The Hall–Kier alpha value is -1.90. The highest BCUT2D eigenvalue weighted by Gasteiger charge is 2.05. The maximum absolute atomic E-state index is 4.20. The molecule has 3 heteroatoms. The van der Waals surface area contributed by atoms with E-state index in [1.165, 1.54) is 11.1 Å². The monoisotopic (exact) mass is 227 g/mol. The highest BCUT2D eigenvalue weighted by atomic mass is 15.0. The zero-order valence-electron chi connectivity index (χ0n) is 10.4. The van der Waals surface area contributed by atoms with Gasteiger partial charge in [0.2, 0.25) is 0 Å². The van der Waals surface area contributed by atoms with Crippen molar-refractivity contribution in [2.45, 2.75) is 26.8 Å². The third-order valence-corrected chi connectivity index (χ3v) is 2.75. The van der Waals surface area contributed by atoms with Crippen molar-refractivity contribution in [3.8, 4) is 0 Å². The quantitative estimate of drug-likeness (QED) is 0.874. The molecule has 0 saturated carbocycles. The second kappa shape index (κ2) is 4.95. The minimum absolute atomic E-state index is 0.241. The topological polar surface area (TPSA) is 37.8 Å². The zero-order valence-corrected chi connectivity index (χ0v) is 10.4. The van der Waals surface area contributed by atoms with E-state index in [1.54, 1.807) is 6.33 Å². The molecule has 1 N–H and O–H groups in total.